The average Bonchev–Trinajstić information content (AvgIpc) is 2.68. The normalized spacial score (nSPS) is 21.9. The predicted octanol–water partition coefficient (Wildman–Crippen LogP) is 4.99. The van der Waals surface area contributed by atoms with Crippen LogP contribution in [0, 0.1) is 5.92 Å². The fraction of sp³-hybridized carbons (Fsp3) is 0.227. The third-order valence-corrected chi connectivity index (χ3v) is 4.95. The number of rotatable bonds is 3. The molecule has 25 heavy (non-hydrogen) atoms. The van der Waals surface area contributed by atoms with E-state index < -0.39 is 0 Å². The molecule has 0 saturated carbocycles. The van der Waals surface area contributed by atoms with Crippen LogP contribution < -0.4 is 9.47 Å². The maximum absolute atomic E-state index is 6.36. The molecule has 0 unspecified atom stereocenters. The predicted molar refractivity (Wildman–Crippen MR) is 98.0 cm³/mol. The SMILES string of the molecule is COc1ccc2c(c1)[C@@H](c1ccccc1)[C@@H](C)[C@@H](c1ccccn1)O2. The summed E-state index contributed by atoms with van der Waals surface area (Å²) in [5, 5.41) is 0. The van der Waals surface area contributed by atoms with Crippen molar-refractivity contribution in [1.29, 1.82) is 0 Å². The van der Waals surface area contributed by atoms with E-state index in [0.29, 0.717) is 0 Å². The number of aromatic nitrogens is 1. The van der Waals surface area contributed by atoms with Crippen molar-refractivity contribution in [3.8, 4) is 11.5 Å². The monoisotopic (exact) mass is 331 g/mol. The fourth-order valence-corrected chi connectivity index (χ4v) is 3.72. The molecule has 2 heterocycles. The lowest BCUT2D eigenvalue weighted by atomic mass is 9.76. The van der Waals surface area contributed by atoms with Crippen molar-refractivity contribution >= 4 is 0 Å². The Morgan fingerprint density at radius 2 is 1.76 bits per heavy atom. The van der Waals surface area contributed by atoms with Gasteiger partial charge in [0.25, 0.3) is 0 Å². The molecule has 0 radical (unpaired) electrons. The van der Waals surface area contributed by atoms with E-state index in [2.05, 4.69) is 48.3 Å². The van der Waals surface area contributed by atoms with Gasteiger partial charge in [-0.2, -0.15) is 0 Å². The van der Waals surface area contributed by atoms with E-state index in [1.54, 1.807) is 7.11 Å². The molecule has 3 nitrogen and oxygen atoms in total. The summed E-state index contributed by atoms with van der Waals surface area (Å²) in [6.45, 7) is 2.24. The molecule has 1 aliphatic rings. The molecule has 3 heteroatoms. The van der Waals surface area contributed by atoms with E-state index in [1.807, 2.05) is 36.5 Å². The molecule has 0 amide bonds. The van der Waals surface area contributed by atoms with E-state index >= 15 is 0 Å². The van der Waals surface area contributed by atoms with Crippen LogP contribution in [0.4, 0.5) is 0 Å². The Balaban J connectivity index is 1.85. The van der Waals surface area contributed by atoms with E-state index in [0.717, 1.165) is 17.2 Å². The van der Waals surface area contributed by atoms with Gasteiger partial charge in [0, 0.05) is 23.6 Å². The van der Waals surface area contributed by atoms with Crippen molar-refractivity contribution in [3.63, 3.8) is 0 Å². The van der Waals surface area contributed by atoms with Gasteiger partial charge in [-0.1, -0.05) is 43.3 Å². The average molecular weight is 331 g/mol. The molecule has 126 valence electrons. The lowest BCUT2D eigenvalue weighted by Gasteiger charge is -2.38. The molecule has 2 aromatic carbocycles. The highest BCUT2D eigenvalue weighted by molar-refractivity contribution is 5.49. The zero-order valence-electron chi connectivity index (χ0n) is 14.4. The van der Waals surface area contributed by atoms with Crippen molar-refractivity contribution < 1.29 is 9.47 Å². The number of fused-ring (bicyclic) bond motifs is 1. The van der Waals surface area contributed by atoms with E-state index in [9.17, 15) is 0 Å². The van der Waals surface area contributed by atoms with Gasteiger partial charge in [0.2, 0.25) is 0 Å². The van der Waals surface area contributed by atoms with Crippen LogP contribution in [0.15, 0.2) is 72.9 Å². The zero-order valence-corrected chi connectivity index (χ0v) is 14.4. The van der Waals surface area contributed by atoms with Gasteiger partial charge in [0.15, 0.2) is 0 Å². The molecule has 0 N–H and O–H groups in total. The number of methoxy groups -OCH3 is 1. The first kappa shape index (κ1) is 15.7. The van der Waals surface area contributed by atoms with Gasteiger partial charge in [-0.05, 0) is 35.9 Å². The number of benzene rings is 2. The topological polar surface area (TPSA) is 31.4 Å². The summed E-state index contributed by atoms with van der Waals surface area (Å²) < 4.78 is 11.8. The molecule has 1 aromatic heterocycles. The van der Waals surface area contributed by atoms with Crippen LogP contribution in [-0.4, -0.2) is 12.1 Å². The fourth-order valence-electron chi connectivity index (χ4n) is 3.72. The Hall–Kier alpha value is -2.81. The summed E-state index contributed by atoms with van der Waals surface area (Å²) in [5.41, 5.74) is 3.43. The Bertz CT molecular complexity index is 848. The van der Waals surface area contributed by atoms with Crippen LogP contribution >= 0.6 is 0 Å². The summed E-state index contributed by atoms with van der Waals surface area (Å²) in [4.78, 5) is 4.54. The van der Waals surface area contributed by atoms with Gasteiger partial charge < -0.3 is 9.47 Å². The smallest absolute Gasteiger partial charge is 0.144 e. The second kappa shape index (κ2) is 6.60. The van der Waals surface area contributed by atoms with Crippen molar-refractivity contribution in [3.05, 3.63) is 89.7 Å². The first-order valence-electron chi connectivity index (χ1n) is 8.58. The number of hydrogen-bond acceptors (Lipinski definition) is 3. The number of pyridine rings is 1. The lowest BCUT2D eigenvalue weighted by molar-refractivity contribution is 0.107. The molecule has 0 bridgehead atoms. The minimum absolute atomic E-state index is 0.0766. The molecule has 1 aliphatic heterocycles. The van der Waals surface area contributed by atoms with Crippen LogP contribution in [0.5, 0.6) is 11.5 Å². The zero-order chi connectivity index (χ0) is 17.2. The highest BCUT2D eigenvalue weighted by Crippen LogP contribution is 2.49. The molecule has 0 spiro atoms. The number of ether oxygens (including phenoxy) is 2. The third-order valence-electron chi connectivity index (χ3n) is 4.95. The molecular weight excluding hydrogens is 310 g/mol. The number of hydrogen-bond donors (Lipinski definition) is 0. The van der Waals surface area contributed by atoms with Crippen LogP contribution in [-0.2, 0) is 0 Å². The molecule has 0 fully saturated rings. The van der Waals surface area contributed by atoms with Gasteiger partial charge in [0.05, 0.1) is 12.8 Å². The van der Waals surface area contributed by atoms with E-state index in [1.165, 1.54) is 11.1 Å². The lowest BCUT2D eigenvalue weighted by Crippen LogP contribution is -2.29. The number of nitrogens with zero attached hydrogens (tertiary/aromatic N) is 1. The van der Waals surface area contributed by atoms with Gasteiger partial charge in [-0.15, -0.1) is 0 Å². The maximum atomic E-state index is 6.36. The molecule has 0 saturated heterocycles. The van der Waals surface area contributed by atoms with E-state index in [4.69, 9.17) is 9.47 Å². The highest BCUT2D eigenvalue weighted by atomic mass is 16.5. The van der Waals surface area contributed by atoms with Crippen molar-refractivity contribution in [2.24, 2.45) is 5.92 Å². The van der Waals surface area contributed by atoms with Gasteiger partial charge in [0.1, 0.15) is 17.6 Å². The van der Waals surface area contributed by atoms with Crippen LogP contribution in [0.1, 0.15) is 35.8 Å². The molecule has 3 aromatic rings. The summed E-state index contributed by atoms with van der Waals surface area (Å²) >= 11 is 0. The van der Waals surface area contributed by atoms with Crippen molar-refractivity contribution in [1.82, 2.24) is 4.98 Å². The minimum atomic E-state index is -0.0766. The van der Waals surface area contributed by atoms with Crippen molar-refractivity contribution in [2.75, 3.05) is 7.11 Å². The summed E-state index contributed by atoms with van der Waals surface area (Å²) in [7, 11) is 1.70. The van der Waals surface area contributed by atoms with Crippen LogP contribution in [0.25, 0.3) is 0 Å². The molecule has 4 rings (SSSR count). The van der Waals surface area contributed by atoms with Gasteiger partial charge in [-0.25, -0.2) is 0 Å². The summed E-state index contributed by atoms with van der Waals surface area (Å²) in [5.74, 6) is 2.24. The Kier molecular flexibility index (Phi) is 4.14. The largest absolute Gasteiger partial charge is 0.497 e. The summed E-state index contributed by atoms with van der Waals surface area (Å²) in [6, 6.07) is 22.6. The standard InChI is InChI=1S/C22H21NO2/c1-15-21(16-8-4-3-5-9-16)18-14-17(24-2)11-12-20(18)25-22(15)19-10-6-7-13-23-19/h3-15,21-22H,1-2H3/t15-,21-,22+/m1/s1. The molecule has 3 atom stereocenters. The third kappa shape index (κ3) is 2.86. The minimum Gasteiger partial charge on any atom is -0.497 e. The van der Waals surface area contributed by atoms with Crippen LogP contribution in [0.3, 0.4) is 0 Å². The van der Waals surface area contributed by atoms with Gasteiger partial charge in [-0.3, -0.25) is 4.98 Å². The van der Waals surface area contributed by atoms with Gasteiger partial charge >= 0.3 is 0 Å². The Labute approximate surface area is 148 Å². The van der Waals surface area contributed by atoms with Crippen molar-refractivity contribution in [2.45, 2.75) is 18.9 Å². The quantitative estimate of drug-likeness (QED) is 0.677. The molecule has 0 aliphatic carbocycles. The van der Waals surface area contributed by atoms with Crippen LogP contribution in [0.2, 0.25) is 0 Å². The Morgan fingerprint density at radius 3 is 2.48 bits per heavy atom. The maximum Gasteiger partial charge on any atom is 0.144 e. The first-order valence-corrected chi connectivity index (χ1v) is 8.58. The molecular formula is C22H21NO2. The summed E-state index contributed by atoms with van der Waals surface area (Å²) in [6.07, 6.45) is 1.75. The highest BCUT2D eigenvalue weighted by Gasteiger charge is 2.38. The second-order valence-corrected chi connectivity index (χ2v) is 6.44. The first-order chi connectivity index (χ1) is 12.3. The van der Waals surface area contributed by atoms with E-state index in [-0.39, 0.29) is 17.9 Å². The second-order valence-electron chi connectivity index (χ2n) is 6.44. The Morgan fingerprint density at radius 1 is 0.960 bits per heavy atom.